The summed E-state index contributed by atoms with van der Waals surface area (Å²) in [4.78, 5) is 39.6. The van der Waals surface area contributed by atoms with Gasteiger partial charge in [0.2, 0.25) is 5.88 Å². The second-order valence-corrected chi connectivity index (χ2v) is 8.72. The van der Waals surface area contributed by atoms with Gasteiger partial charge < -0.3 is 9.84 Å². The average Bonchev–Trinajstić information content (AvgIpc) is 2.90. The minimum absolute atomic E-state index is 0.159. The Morgan fingerprint density at radius 1 is 1.03 bits per heavy atom. The topological polar surface area (TPSA) is 113 Å². The molecule has 3 aromatic carbocycles. The van der Waals surface area contributed by atoms with E-state index >= 15 is 0 Å². The van der Waals surface area contributed by atoms with E-state index in [4.69, 9.17) is 4.74 Å². The molecule has 2 heterocycles. The Bertz CT molecular complexity index is 1640. The van der Waals surface area contributed by atoms with Crippen LogP contribution in [0.4, 0.5) is 5.69 Å². The summed E-state index contributed by atoms with van der Waals surface area (Å²) in [5, 5.41) is 16.0. The molecule has 1 aliphatic rings. The highest BCUT2D eigenvalue weighted by molar-refractivity contribution is 6.03. The van der Waals surface area contributed by atoms with E-state index in [0.29, 0.717) is 27.9 Å². The lowest BCUT2D eigenvalue weighted by Gasteiger charge is -2.28. The van der Waals surface area contributed by atoms with Gasteiger partial charge in [-0.1, -0.05) is 36.4 Å². The van der Waals surface area contributed by atoms with E-state index in [1.807, 2.05) is 26.0 Å². The SMILES string of the molecule is Cc1ccc(-n2c(O)c(C=NNC(=O)CN3C(=O)COc4ccccc43)c3ccccc3c2=O)cc1C. The number of pyridine rings is 1. The first-order chi connectivity index (χ1) is 17.8. The predicted octanol–water partition coefficient (Wildman–Crippen LogP) is 3.19. The van der Waals surface area contributed by atoms with Gasteiger partial charge in [-0.05, 0) is 55.3 Å². The highest BCUT2D eigenvalue weighted by atomic mass is 16.5. The van der Waals surface area contributed by atoms with Crippen LogP contribution in [-0.4, -0.2) is 40.9 Å². The van der Waals surface area contributed by atoms with E-state index in [0.717, 1.165) is 11.1 Å². The maximum Gasteiger partial charge on any atom is 0.265 e. The van der Waals surface area contributed by atoms with Crippen LogP contribution in [0, 0.1) is 13.8 Å². The third-order valence-corrected chi connectivity index (χ3v) is 6.35. The fourth-order valence-corrected chi connectivity index (χ4v) is 4.27. The first kappa shape index (κ1) is 23.8. The van der Waals surface area contributed by atoms with Crippen LogP contribution in [0.2, 0.25) is 0 Å². The molecule has 2 amide bonds. The minimum atomic E-state index is -0.535. The molecule has 0 spiro atoms. The van der Waals surface area contributed by atoms with E-state index in [-0.39, 0.29) is 36.1 Å². The Kier molecular flexibility index (Phi) is 6.19. The number of amides is 2. The van der Waals surface area contributed by atoms with Crippen molar-refractivity contribution in [3.63, 3.8) is 0 Å². The summed E-state index contributed by atoms with van der Waals surface area (Å²) in [5.41, 5.74) is 5.35. The van der Waals surface area contributed by atoms with Crippen molar-refractivity contribution in [2.24, 2.45) is 5.10 Å². The molecule has 0 saturated heterocycles. The molecule has 186 valence electrons. The van der Waals surface area contributed by atoms with Gasteiger partial charge in [0.1, 0.15) is 12.3 Å². The largest absolute Gasteiger partial charge is 0.494 e. The van der Waals surface area contributed by atoms with Crippen LogP contribution in [0.25, 0.3) is 16.5 Å². The summed E-state index contributed by atoms with van der Waals surface area (Å²) in [7, 11) is 0. The molecule has 9 nitrogen and oxygen atoms in total. The molecule has 0 saturated carbocycles. The highest BCUT2D eigenvalue weighted by Crippen LogP contribution is 2.31. The predicted molar refractivity (Wildman–Crippen MR) is 141 cm³/mol. The number of nitrogens with zero attached hydrogens (tertiary/aromatic N) is 3. The Morgan fingerprint density at radius 3 is 2.54 bits per heavy atom. The number of para-hydroxylation sites is 2. The summed E-state index contributed by atoms with van der Waals surface area (Å²) in [6, 6.07) is 19.3. The maximum atomic E-state index is 13.3. The van der Waals surface area contributed by atoms with Gasteiger partial charge in [0, 0.05) is 10.8 Å². The van der Waals surface area contributed by atoms with E-state index < -0.39 is 5.91 Å². The van der Waals surface area contributed by atoms with Crippen LogP contribution in [-0.2, 0) is 9.59 Å². The smallest absolute Gasteiger partial charge is 0.265 e. The lowest BCUT2D eigenvalue weighted by molar-refractivity contribution is -0.125. The molecule has 0 atom stereocenters. The number of rotatable bonds is 5. The van der Waals surface area contributed by atoms with Crippen molar-refractivity contribution in [2.75, 3.05) is 18.1 Å². The summed E-state index contributed by atoms with van der Waals surface area (Å²) in [6.07, 6.45) is 1.29. The van der Waals surface area contributed by atoms with E-state index in [1.54, 1.807) is 54.6 Å². The monoisotopic (exact) mass is 496 g/mol. The number of carbonyl (C=O) groups excluding carboxylic acids is 2. The van der Waals surface area contributed by atoms with Crippen LogP contribution in [0.15, 0.2) is 76.6 Å². The normalized spacial score (nSPS) is 13.0. The van der Waals surface area contributed by atoms with Gasteiger partial charge in [0.05, 0.1) is 23.2 Å². The summed E-state index contributed by atoms with van der Waals surface area (Å²) < 4.78 is 6.63. The molecule has 1 aliphatic heterocycles. The molecular weight excluding hydrogens is 472 g/mol. The zero-order valence-electron chi connectivity index (χ0n) is 20.3. The number of aromatic hydroxyl groups is 1. The molecule has 2 N–H and O–H groups in total. The van der Waals surface area contributed by atoms with Crippen LogP contribution in [0.3, 0.4) is 0 Å². The van der Waals surface area contributed by atoms with Gasteiger partial charge in [-0.2, -0.15) is 5.10 Å². The van der Waals surface area contributed by atoms with E-state index in [1.165, 1.54) is 15.7 Å². The number of anilines is 1. The zero-order chi connectivity index (χ0) is 26.1. The second-order valence-electron chi connectivity index (χ2n) is 8.72. The van der Waals surface area contributed by atoms with Gasteiger partial charge in [-0.25, -0.2) is 9.99 Å². The number of fused-ring (bicyclic) bond motifs is 2. The standard InChI is InChI=1S/C28H24N4O5/c1-17-11-12-19(13-18(17)2)32-27(35)21-8-4-3-7-20(21)22(28(32)36)14-29-30-25(33)15-31-23-9-5-6-10-24(23)37-16-26(31)34/h3-14,36H,15-16H2,1-2H3,(H,30,33). The number of hydrogen-bond donors (Lipinski definition) is 2. The third kappa shape index (κ3) is 4.42. The third-order valence-electron chi connectivity index (χ3n) is 6.35. The van der Waals surface area contributed by atoms with Crippen LogP contribution in [0.5, 0.6) is 11.6 Å². The fourth-order valence-electron chi connectivity index (χ4n) is 4.27. The number of aryl methyl sites for hydroxylation is 2. The number of hydrazone groups is 1. The Balaban J connectivity index is 1.46. The van der Waals surface area contributed by atoms with E-state index in [2.05, 4.69) is 10.5 Å². The summed E-state index contributed by atoms with van der Waals surface area (Å²) in [5.74, 6) is -0.667. The van der Waals surface area contributed by atoms with Crippen molar-refractivity contribution in [3.05, 3.63) is 93.8 Å². The van der Waals surface area contributed by atoms with Gasteiger partial charge in [-0.15, -0.1) is 0 Å². The van der Waals surface area contributed by atoms with Gasteiger partial charge in [-0.3, -0.25) is 19.3 Å². The number of benzene rings is 3. The van der Waals surface area contributed by atoms with Gasteiger partial charge >= 0.3 is 0 Å². The molecule has 0 bridgehead atoms. The molecule has 0 aliphatic carbocycles. The van der Waals surface area contributed by atoms with Crippen LogP contribution in [0.1, 0.15) is 16.7 Å². The van der Waals surface area contributed by atoms with Crippen molar-refractivity contribution < 1.29 is 19.4 Å². The van der Waals surface area contributed by atoms with Crippen LogP contribution >= 0.6 is 0 Å². The number of carbonyl (C=O) groups is 2. The Morgan fingerprint density at radius 2 is 1.76 bits per heavy atom. The Hall–Kier alpha value is -4.92. The number of aromatic nitrogens is 1. The molecule has 0 radical (unpaired) electrons. The number of nitrogens with one attached hydrogen (secondary N) is 1. The first-order valence-corrected chi connectivity index (χ1v) is 11.6. The quantitative estimate of drug-likeness (QED) is 0.326. The zero-order valence-corrected chi connectivity index (χ0v) is 20.3. The van der Waals surface area contributed by atoms with E-state index in [9.17, 15) is 19.5 Å². The van der Waals surface area contributed by atoms with Gasteiger partial charge in [0.15, 0.2) is 6.61 Å². The number of ether oxygens (including phenoxy) is 1. The molecule has 1 aromatic heterocycles. The molecule has 37 heavy (non-hydrogen) atoms. The minimum Gasteiger partial charge on any atom is -0.494 e. The lowest BCUT2D eigenvalue weighted by atomic mass is 10.1. The van der Waals surface area contributed by atoms with Crippen molar-refractivity contribution in [2.45, 2.75) is 13.8 Å². The fraction of sp³-hybridized carbons (Fsp3) is 0.143. The van der Waals surface area contributed by atoms with Crippen molar-refractivity contribution in [1.82, 2.24) is 9.99 Å². The second kappa shape index (κ2) is 9.62. The van der Waals surface area contributed by atoms with Crippen LogP contribution < -0.4 is 20.6 Å². The maximum absolute atomic E-state index is 13.3. The molecule has 0 fully saturated rings. The molecule has 0 unspecified atom stereocenters. The molecule has 9 heteroatoms. The first-order valence-electron chi connectivity index (χ1n) is 11.6. The molecule has 4 aromatic rings. The lowest BCUT2D eigenvalue weighted by Crippen LogP contribution is -2.44. The summed E-state index contributed by atoms with van der Waals surface area (Å²) >= 11 is 0. The summed E-state index contributed by atoms with van der Waals surface area (Å²) in [6.45, 7) is 3.47. The average molecular weight is 497 g/mol. The highest BCUT2D eigenvalue weighted by Gasteiger charge is 2.27. The van der Waals surface area contributed by atoms with Crippen molar-refractivity contribution in [3.8, 4) is 17.3 Å². The molecular formula is C28H24N4O5. The molecule has 5 rings (SSSR count). The van der Waals surface area contributed by atoms with Gasteiger partial charge in [0.25, 0.3) is 17.4 Å². The Labute approximate surface area is 212 Å². The van der Waals surface area contributed by atoms with Crippen molar-refractivity contribution in [1.29, 1.82) is 0 Å². The number of hydrogen-bond acceptors (Lipinski definition) is 6. The van der Waals surface area contributed by atoms with Crippen molar-refractivity contribution >= 4 is 34.5 Å².